The van der Waals surface area contributed by atoms with Crippen LogP contribution in [0.1, 0.15) is 37.0 Å². The van der Waals surface area contributed by atoms with Gasteiger partial charge in [0.05, 0.1) is 6.10 Å². The van der Waals surface area contributed by atoms with Gasteiger partial charge in [0.2, 0.25) is 10.9 Å². The van der Waals surface area contributed by atoms with Gasteiger partial charge < -0.3 is 4.74 Å². The van der Waals surface area contributed by atoms with Crippen LogP contribution >= 0.6 is 0 Å². The Balaban J connectivity index is 2.35. The van der Waals surface area contributed by atoms with Crippen molar-refractivity contribution in [1.82, 2.24) is 0 Å². The molecule has 0 amide bonds. The van der Waals surface area contributed by atoms with Crippen LogP contribution in [0.2, 0.25) is 0 Å². The number of rotatable bonds is 2. The van der Waals surface area contributed by atoms with E-state index in [2.05, 4.69) is 0 Å². The van der Waals surface area contributed by atoms with Gasteiger partial charge in [-0.15, -0.1) is 0 Å². The molecular formula is C10H12O3. The maximum atomic E-state index is 11.2. The van der Waals surface area contributed by atoms with Gasteiger partial charge in [-0.2, -0.15) is 0 Å². The molecule has 70 valence electrons. The minimum absolute atomic E-state index is 0.0832. The summed E-state index contributed by atoms with van der Waals surface area (Å²) in [6.07, 6.45) is 2.45. The topological polar surface area (TPSA) is 43.4 Å². The summed E-state index contributed by atoms with van der Waals surface area (Å²) in [4.78, 5) is 22.3. The molecule has 0 spiro atoms. The van der Waals surface area contributed by atoms with E-state index < -0.39 is 0 Å². The van der Waals surface area contributed by atoms with E-state index in [1.54, 1.807) is 0 Å². The molecule has 0 radical (unpaired) electrons. The summed E-state index contributed by atoms with van der Waals surface area (Å²) in [6, 6.07) is 0. The Labute approximate surface area is 76.0 Å². The Kier molecular flexibility index (Phi) is 2.04. The van der Waals surface area contributed by atoms with Gasteiger partial charge in [-0.1, -0.05) is 6.92 Å². The summed E-state index contributed by atoms with van der Waals surface area (Å²) in [5.74, 6) is 0. The maximum absolute atomic E-state index is 11.2. The molecule has 0 saturated carbocycles. The van der Waals surface area contributed by atoms with Crippen molar-refractivity contribution in [3.63, 3.8) is 0 Å². The van der Waals surface area contributed by atoms with Gasteiger partial charge in [0.1, 0.15) is 0 Å². The van der Waals surface area contributed by atoms with E-state index in [4.69, 9.17) is 4.74 Å². The first-order valence-electron chi connectivity index (χ1n) is 4.69. The first-order valence-corrected chi connectivity index (χ1v) is 4.69. The molecule has 1 aliphatic rings. The predicted molar refractivity (Wildman–Crippen MR) is 48.7 cm³/mol. The molecule has 1 aliphatic heterocycles. The van der Waals surface area contributed by atoms with Crippen molar-refractivity contribution in [3.8, 4) is 0 Å². The highest BCUT2D eigenvalue weighted by Gasteiger charge is 2.29. The Bertz CT molecular complexity index is 379. The lowest BCUT2D eigenvalue weighted by atomic mass is 9.93. The van der Waals surface area contributed by atoms with Gasteiger partial charge in [0.25, 0.3) is 0 Å². The average Bonchev–Trinajstić information content (AvgIpc) is 2.64. The van der Waals surface area contributed by atoms with Gasteiger partial charge in [0, 0.05) is 17.7 Å². The Morgan fingerprint density at radius 3 is 2.69 bits per heavy atom. The minimum Gasteiger partial charge on any atom is -0.373 e. The van der Waals surface area contributed by atoms with Crippen molar-refractivity contribution in [2.75, 3.05) is 6.61 Å². The summed E-state index contributed by atoms with van der Waals surface area (Å²) in [5.41, 5.74) is 0.735. The number of hydrogen-bond donors (Lipinski definition) is 0. The van der Waals surface area contributed by atoms with Crippen molar-refractivity contribution in [1.29, 1.82) is 0 Å². The fourth-order valence-electron chi connectivity index (χ4n) is 1.95. The average molecular weight is 180 g/mol. The van der Waals surface area contributed by atoms with Gasteiger partial charge in [-0.05, 0) is 19.3 Å². The van der Waals surface area contributed by atoms with E-state index in [1.165, 1.54) is 0 Å². The zero-order chi connectivity index (χ0) is 9.42. The third-order valence-electron chi connectivity index (χ3n) is 2.66. The maximum Gasteiger partial charge on any atom is 0.232 e. The molecule has 1 saturated heterocycles. The summed E-state index contributed by atoms with van der Waals surface area (Å²) in [6.45, 7) is 2.61. The molecule has 0 bridgehead atoms. The first kappa shape index (κ1) is 8.63. The summed E-state index contributed by atoms with van der Waals surface area (Å²) in [7, 11) is 0. The highest BCUT2D eigenvalue weighted by molar-refractivity contribution is 5.35. The Morgan fingerprint density at radius 1 is 1.38 bits per heavy atom. The second-order valence-electron chi connectivity index (χ2n) is 3.41. The van der Waals surface area contributed by atoms with E-state index in [1.807, 2.05) is 6.92 Å². The van der Waals surface area contributed by atoms with Gasteiger partial charge in [0.15, 0.2) is 0 Å². The number of hydrogen-bond acceptors (Lipinski definition) is 3. The van der Waals surface area contributed by atoms with Crippen LogP contribution in [0.4, 0.5) is 0 Å². The van der Waals surface area contributed by atoms with E-state index in [-0.39, 0.29) is 17.0 Å². The lowest BCUT2D eigenvalue weighted by molar-refractivity contribution is 0.109. The third-order valence-corrected chi connectivity index (χ3v) is 2.66. The Hall–Kier alpha value is -0.960. The summed E-state index contributed by atoms with van der Waals surface area (Å²) in [5, 5.41) is 0. The second kappa shape index (κ2) is 3.07. The lowest BCUT2D eigenvalue weighted by Gasteiger charge is -2.14. The molecule has 3 heteroatoms. The second-order valence-corrected chi connectivity index (χ2v) is 3.41. The molecule has 13 heavy (non-hydrogen) atoms. The van der Waals surface area contributed by atoms with Crippen LogP contribution in [0.25, 0.3) is 0 Å². The van der Waals surface area contributed by atoms with Gasteiger partial charge in [-0.3, -0.25) is 9.59 Å². The molecule has 0 aromatic heterocycles. The third kappa shape index (κ3) is 1.15. The molecule has 1 heterocycles. The van der Waals surface area contributed by atoms with E-state index in [0.29, 0.717) is 24.2 Å². The highest BCUT2D eigenvalue weighted by atomic mass is 16.5. The molecule has 2 rings (SSSR count). The predicted octanol–water partition coefficient (Wildman–Crippen LogP) is 0.697. The van der Waals surface area contributed by atoms with Crippen LogP contribution in [0.15, 0.2) is 9.59 Å². The van der Waals surface area contributed by atoms with E-state index >= 15 is 0 Å². The molecule has 3 nitrogen and oxygen atoms in total. The van der Waals surface area contributed by atoms with Crippen molar-refractivity contribution in [2.45, 2.75) is 32.3 Å². The molecule has 1 atom stereocenters. The molecule has 0 N–H and O–H groups in total. The van der Waals surface area contributed by atoms with Gasteiger partial charge in [-0.25, -0.2) is 0 Å². The van der Waals surface area contributed by atoms with Crippen LogP contribution in [0, 0.1) is 0 Å². The monoisotopic (exact) mass is 180 g/mol. The largest absolute Gasteiger partial charge is 0.373 e. The van der Waals surface area contributed by atoms with Crippen LogP contribution in [-0.2, 0) is 11.2 Å². The summed E-state index contributed by atoms with van der Waals surface area (Å²) < 4.78 is 5.38. The van der Waals surface area contributed by atoms with E-state index in [9.17, 15) is 9.59 Å². The fourth-order valence-corrected chi connectivity index (χ4v) is 1.95. The van der Waals surface area contributed by atoms with Crippen LogP contribution in [0.3, 0.4) is 0 Å². The number of ether oxygens (including phenoxy) is 1. The highest BCUT2D eigenvalue weighted by Crippen LogP contribution is 2.28. The quantitative estimate of drug-likeness (QED) is 0.629. The SMILES string of the molecule is CCc1c(C2CCCO2)c(=O)c1=O. The van der Waals surface area contributed by atoms with Crippen LogP contribution < -0.4 is 10.9 Å². The molecule has 0 aliphatic carbocycles. The van der Waals surface area contributed by atoms with Crippen LogP contribution in [0.5, 0.6) is 0 Å². The molecule has 1 aromatic rings. The zero-order valence-corrected chi connectivity index (χ0v) is 7.63. The van der Waals surface area contributed by atoms with Crippen molar-refractivity contribution >= 4 is 0 Å². The molecule has 1 aromatic carbocycles. The fraction of sp³-hybridized carbons (Fsp3) is 0.600. The molecular weight excluding hydrogens is 168 g/mol. The minimum atomic E-state index is -0.316. The normalized spacial score (nSPS) is 22.7. The summed E-state index contributed by atoms with van der Waals surface area (Å²) >= 11 is 0. The van der Waals surface area contributed by atoms with Crippen LogP contribution in [-0.4, -0.2) is 6.61 Å². The van der Waals surface area contributed by atoms with Crippen molar-refractivity contribution < 1.29 is 4.74 Å². The van der Waals surface area contributed by atoms with Crippen molar-refractivity contribution in [2.24, 2.45) is 0 Å². The smallest absolute Gasteiger partial charge is 0.232 e. The molecule has 1 unspecified atom stereocenters. The zero-order valence-electron chi connectivity index (χ0n) is 7.63. The van der Waals surface area contributed by atoms with Crippen molar-refractivity contribution in [3.05, 3.63) is 31.6 Å². The Morgan fingerprint density at radius 2 is 2.15 bits per heavy atom. The molecule has 1 fully saturated rings. The lowest BCUT2D eigenvalue weighted by Crippen LogP contribution is -2.40. The van der Waals surface area contributed by atoms with Gasteiger partial charge >= 0.3 is 0 Å². The standard InChI is InChI=1S/C10H12O3/c1-2-6-8(10(12)9(6)11)7-4-3-5-13-7/h7H,2-5H2,1H3. The first-order chi connectivity index (χ1) is 6.25. The van der Waals surface area contributed by atoms with E-state index in [0.717, 1.165) is 12.8 Å².